The van der Waals surface area contributed by atoms with Crippen LogP contribution in [0, 0.1) is 0 Å². The Balaban J connectivity index is 1.98. The molecule has 1 aliphatic heterocycles. The van der Waals surface area contributed by atoms with Gasteiger partial charge >= 0.3 is 5.97 Å². The Morgan fingerprint density at radius 1 is 1.08 bits per heavy atom. The Hall–Kier alpha value is -3.08. The number of carboxylic acid groups (broad SMARTS) is 1. The number of hydrogen-bond acceptors (Lipinski definition) is 2. The summed E-state index contributed by atoms with van der Waals surface area (Å²) in [6, 6.07) is 14.0. The predicted molar refractivity (Wildman–Crippen MR) is 94.5 cm³/mol. The topological polar surface area (TPSA) is 62.5 Å². The highest BCUT2D eigenvalue weighted by Crippen LogP contribution is 2.42. The van der Waals surface area contributed by atoms with Crippen LogP contribution in [0.3, 0.4) is 0 Å². The number of aliphatic carboxylic acids is 1. The predicted octanol–water partition coefficient (Wildman–Crippen LogP) is 3.20. The molecular formula is C20H18N2O3. The van der Waals surface area contributed by atoms with Crippen LogP contribution in [-0.2, 0) is 11.8 Å². The van der Waals surface area contributed by atoms with E-state index in [9.17, 15) is 14.7 Å². The minimum atomic E-state index is -1.01. The first-order chi connectivity index (χ1) is 12.0. The summed E-state index contributed by atoms with van der Waals surface area (Å²) in [4.78, 5) is 26.0. The minimum Gasteiger partial charge on any atom is -0.480 e. The SMILES string of the molecule is CC(C(=O)O)N1C(=O)c2ccccc2C1c1cn(C)c2ccccc12. The first-order valence-electron chi connectivity index (χ1n) is 8.19. The third-order valence-corrected chi connectivity index (χ3v) is 5.00. The Bertz CT molecular complexity index is 1010. The van der Waals surface area contributed by atoms with Gasteiger partial charge < -0.3 is 14.6 Å². The molecule has 1 aromatic heterocycles. The van der Waals surface area contributed by atoms with Crippen molar-refractivity contribution in [2.75, 3.05) is 0 Å². The lowest BCUT2D eigenvalue weighted by atomic mass is 9.97. The number of nitrogens with zero attached hydrogens (tertiary/aromatic N) is 2. The average molecular weight is 334 g/mol. The molecule has 2 unspecified atom stereocenters. The van der Waals surface area contributed by atoms with Crippen molar-refractivity contribution in [2.45, 2.75) is 19.0 Å². The van der Waals surface area contributed by atoms with E-state index in [1.807, 2.05) is 60.3 Å². The first kappa shape index (κ1) is 15.4. The molecule has 2 atom stereocenters. The zero-order valence-corrected chi connectivity index (χ0v) is 14.0. The molecule has 0 spiro atoms. The van der Waals surface area contributed by atoms with Crippen LogP contribution in [0.15, 0.2) is 54.7 Å². The van der Waals surface area contributed by atoms with Gasteiger partial charge in [-0.15, -0.1) is 0 Å². The maximum atomic E-state index is 12.9. The zero-order chi connectivity index (χ0) is 17.7. The summed E-state index contributed by atoms with van der Waals surface area (Å²) in [5.41, 5.74) is 3.44. The molecule has 2 aromatic carbocycles. The maximum absolute atomic E-state index is 12.9. The summed E-state index contributed by atoms with van der Waals surface area (Å²) in [6.45, 7) is 1.56. The van der Waals surface area contributed by atoms with E-state index >= 15 is 0 Å². The van der Waals surface area contributed by atoms with Crippen molar-refractivity contribution < 1.29 is 14.7 Å². The number of fused-ring (bicyclic) bond motifs is 2. The van der Waals surface area contributed by atoms with Gasteiger partial charge in [-0.2, -0.15) is 0 Å². The molecule has 5 heteroatoms. The molecule has 0 radical (unpaired) electrons. The van der Waals surface area contributed by atoms with Crippen LogP contribution in [-0.4, -0.2) is 32.5 Å². The molecule has 0 bridgehead atoms. The largest absolute Gasteiger partial charge is 0.480 e. The number of para-hydroxylation sites is 1. The molecule has 1 N–H and O–H groups in total. The maximum Gasteiger partial charge on any atom is 0.326 e. The van der Waals surface area contributed by atoms with Crippen LogP contribution in [0.25, 0.3) is 10.9 Å². The summed E-state index contributed by atoms with van der Waals surface area (Å²) in [5.74, 6) is -1.24. The highest BCUT2D eigenvalue weighted by molar-refractivity contribution is 6.02. The van der Waals surface area contributed by atoms with E-state index in [2.05, 4.69) is 0 Å². The van der Waals surface area contributed by atoms with E-state index in [0.717, 1.165) is 22.0 Å². The molecule has 0 fully saturated rings. The highest BCUT2D eigenvalue weighted by atomic mass is 16.4. The minimum absolute atomic E-state index is 0.233. The molecule has 126 valence electrons. The number of amides is 1. The van der Waals surface area contributed by atoms with Gasteiger partial charge in [-0.1, -0.05) is 36.4 Å². The second-order valence-electron chi connectivity index (χ2n) is 6.43. The van der Waals surface area contributed by atoms with Crippen LogP contribution in [0.2, 0.25) is 0 Å². The van der Waals surface area contributed by atoms with Crippen molar-refractivity contribution in [3.05, 3.63) is 71.4 Å². The second-order valence-corrected chi connectivity index (χ2v) is 6.43. The van der Waals surface area contributed by atoms with E-state index < -0.39 is 18.1 Å². The molecule has 0 saturated heterocycles. The van der Waals surface area contributed by atoms with E-state index in [4.69, 9.17) is 0 Å². The quantitative estimate of drug-likeness (QED) is 0.800. The summed E-state index contributed by atoms with van der Waals surface area (Å²) < 4.78 is 2.01. The molecule has 0 saturated carbocycles. The van der Waals surface area contributed by atoms with Crippen LogP contribution in [0.1, 0.15) is 34.5 Å². The number of hydrogen-bond donors (Lipinski definition) is 1. The molecule has 1 aliphatic rings. The Kier molecular flexibility index (Phi) is 3.39. The number of benzene rings is 2. The van der Waals surface area contributed by atoms with Gasteiger partial charge in [0.15, 0.2) is 0 Å². The fraction of sp³-hybridized carbons (Fsp3) is 0.200. The standard InChI is InChI=1S/C20H18N2O3/c1-12(20(24)25)22-18(14-8-3-4-9-15(14)19(22)23)16-11-21(2)17-10-6-5-7-13(16)17/h3-12,18H,1-2H3,(H,24,25). The zero-order valence-electron chi connectivity index (χ0n) is 14.0. The lowest BCUT2D eigenvalue weighted by Gasteiger charge is -2.28. The van der Waals surface area contributed by atoms with Crippen molar-refractivity contribution in [3.8, 4) is 0 Å². The number of carboxylic acids is 1. The van der Waals surface area contributed by atoms with Gasteiger partial charge in [0.25, 0.3) is 5.91 Å². The van der Waals surface area contributed by atoms with Gasteiger partial charge in [0, 0.05) is 35.3 Å². The number of aryl methyl sites for hydroxylation is 1. The number of aromatic nitrogens is 1. The Morgan fingerprint density at radius 2 is 1.76 bits per heavy atom. The van der Waals surface area contributed by atoms with E-state index in [1.54, 1.807) is 13.0 Å². The monoisotopic (exact) mass is 334 g/mol. The molecular weight excluding hydrogens is 316 g/mol. The molecule has 4 rings (SSSR count). The van der Waals surface area contributed by atoms with Crippen LogP contribution >= 0.6 is 0 Å². The van der Waals surface area contributed by atoms with Crippen molar-refractivity contribution in [1.82, 2.24) is 9.47 Å². The van der Waals surface area contributed by atoms with Crippen LogP contribution < -0.4 is 0 Å². The number of rotatable bonds is 3. The van der Waals surface area contributed by atoms with Gasteiger partial charge in [-0.25, -0.2) is 4.79 Å². The van der Waals surface area contributed by atoms with Gasteiger partial charge in [0.1, 0.15) is 6.04 Å². The highest BCUT2D eigenvalue weighted by Gasteiger charge is 2.43. The van der Waals surface area contributed by atoms with E-state index in [0.29, 0.717) is 5.56 Å². The number of carbonyl (C=O) groups is 2. The van der Waals surface area contributed by atoms with E-state index in [-0.39, 0.29) is 5.91 Å². The summed E-state index contributed by atoms with van der Waals surface area (Å²) in [6.07, 6.45) is 1.99. The second kappa shape index (κ2) is 5.48. The van der Waals surface area contributed by atoms with Crippen LogP contribution in [0.5, 0.6) is 0 Å². The lowest BCUT2D eigenvalue weighted by Crippen LogP contribution is -2.41. The van der Waals surface area contributed by atoms with Gasteiger partial charge in [0.05, 0.1) is 6.04 Å². The van der Waals surface area contributed by atoms with Gasteiger partial charge in [-0.05, 0) is 24.6 Å². The first-order valence-corrected chi connectivity index (χ1v) is 8.19. The summed E-state index contributed by atoms with van der Waals surface area (Å²) in [7, 11) is 1.96. The van der Waals surface area contributed by atoms with Gasteiger partial charge in [-0.3, -0.25) is 4.79 Å². The summed E-state index contributed by atoms with van der Waals surface area (Å²) >= 11 is 0. The van der Waals surface area contributed by atoms with E-state index in [1.165, 1.54) is 4.90 Å². The third kappa shape index (κ3) is 2.16. The van der Waals surface area contributed by atoms with Gasteiger partial charge in [0.2, 0.25) is 0 Å². The normalized spacial score (nSPS) is 17.8. The molecule has 2 heterocycles. The van der Waals surface area contributed by atoms with Crippen molar-refractivity contribution in [1.29, 1.82) is 0 Å². The Morgan fingerprint density at radius 3 is 2.52 bits per heavy atom. The third-order valence-electron chi connectivity index (χ3n) is 5.00. The molecule has 1 amide bonds. The smallest absolute Gasteiger partial charge is 0.326 e. The van der Waals surface area contributed by atoms with Crippen molar-refractivity contribution in [2.24, 2.45) is 7.05 Å². The number of carbonyl (C=O) groups excluding carboxylic acids is 1. The lowest BCUT2D eigenvalue weighted by molar-refractivity contribution is -0.142. The van der Waals surface area contributed by atoms with Crippen LogP contribution in [0.4, 0.5) is 0 Å². The molecule has 3 aromatic rings. The summed E-state index contributed by atoms with van der Waals surface area (Å²) in [5, 5.41) is 10.6. The van der Waals surface area contributed by atoms with Crippen molar-refractivity contribution >= 4 is 22.8 Å². The average Bonchev–Trinajstić information content (AvgIpc) is 3.10. The molecule has 5 nitrogen and oxygen atoms in total. The fourth-order valence-corrected chi connectivity index (χ4v) is 3.76. The fourth-order valence-electron chi connectivity index (χ4n) is 3.76. The van der Waals surface area contributed by atoms with Crippen molar-refractivity contribution in [3.63, 3.8) is 0 Å². The molecule has 0 aliphatic carbocycles. The Labute approximate surface area is 145 Å². The molecule has 25 heavy (non-hydrogen) atoms.